The number of carbonyl (C=O) groups is 1. The Labute approximate surface area is 171 Å². The summed E-state index contributed by atoms with van der Waals surface area (Å²) in [5, 5.41) is 3.62. The van der Waals surface area contributed by atoms with E-state index >= 15 is 0 Å². The quantitative estimate of drug-likeness (QED) is 0.771. The monoisotopic (exact) mass is 402 g/mol. The van der Waals surface area contributed by atoms with Crippen molar-refractivity contribution in [3.05, 3.63) is 52.0 Å². The topological polar surface area (TPSA) is 69.2 Å². The van der Waals surface area contributed by atoms with Crippen LogP contribution in [0.4, 0.5) is 11.4 Å². The van der Waals surface area contributed by atoms with Crippen LogP contribution in [0.1, 0.15) is 40.7 Å². The average Bonchev–Trinajstić information content (AvgIpc) is 2.67. The van der Waals surface area contributed by atoms with E-state index in [9.17, 15) is 4.79 Å². The molecule has 0 aliphatic carbocycles. The van der Waals surface area contributed by atoms with Crippen molar-refractivity contribution >= 4 is 28.9 Å². The Morgan fingerprint density at radius 3 is 2.43 bits per heavy atom. The van der Waals surface area contributed by atoms with E-state index in [2.05, 4.69) is 16.0 Å². The maximum atomic E-state index is 12.8. The van der Waals surface area contributed by atoms with Crippen molar-refractivity contribution in [2.75, 3.05) is 36.5 Å². The molecule has 1 fully saturated rings. The molecule has 0 bridgehead atoms. The highest BCUT2D eigenvalue weighted by molar-refractivity contribution is 6.31. The van der Waals surface area contributed by atoms with Crippen LogP contribution in [0, 0.1) is 13.8 Å². The van der Waals surface area contributed by atoms with Crippen molar-refractivity contribution in [2.45, 2.75) is 33.1 Å². The molecule has 5 nitrogen and oxygen atoms in total. The molecule has 1 aliphatic rings. The van der Waals surface area contributed by atoms with Gasteiger partial charge in [0.05, 0.1) is 0 Å². The number of aryl methyl sites for hydroxylation is 2. The zero-order valence-electron chi connectivity index (χ0n) is 16.7. The molecule has 0 spiro atoms. The number of anilines is 2. The summed E-state index contributed by atoms with van der Waals surface area (Å²) in [4.78, 5) is 15.2. The van der Waals surface area contributed by atoms with Gasteiger partial charge in [0.15, 0.2) is 0 Å². The Morgan fingerprint density at radius 2 is 1.79 bits per heavy atom. The average molecular weight is 403 g/mol. The summed E-state index contributed by atoms with van der Waals surface area (Å²) in [7, 11) is 0. The van der Waals surface area contributed by atoms with Gasteiger partial charge in [-0.2, -0.15) is 0 Å². The Balaban J connectivity index is 1.78. The van der Waals surface area contributed by atoms with Crippen LogP contribution in [0.2, 0.25) is 5.02 Å². The van der Waals surface area contributed by atoms with Crippen LogP contribution < -0.4 is 20.7 Å². The minimum absolute atomic E-state index is 0.151. The first-order chi connectivity index (χ1) is 13.5. The molecule has 3 rings (SSSR count). The standard InChI is InChI=1S/C22H28ClN3O2/c1-15-10-17(11-16(2)21(15)28-9-6-24)22(27)25-19-12-18(23)13-20(14-19)26-7-4-3-5-8-26/h10-14H,3-9,24H2,1-2H3,(H,25,27)/p+1. The molecule has 1 aliphatic heterocycles. The van der Waals surface area contributed by atoms with E-state index in [1.165, 1.54) is 19.3 Å². The minimum Gasteiger partial charge on any atom is -0.487 e. The van der Waals surface area contributed by atoms with Crippen molar-refractivity contribution in [1.29, 1.82) is 0 Å². The summed E-state index contributed by atoms with van der Waals surface area (Å²) in [6.07, 6.45) is 3.65. The molecule has 1 amide bonds. The Bertz CT molecular complexity index is 825. The molecule has 4 N–H and O–H groups in total. The molecule has 0 saturated carbocycles. The van der Waals surface area contributed by atoms with Gasteiger partial charge in [0.25, 0.3) is 5.91 Å². The largest absolute Gasteiger partial charge is 0.487 e. The molecule has 0 radical (unpaired) electrons. The highest BCUT2D eigenvalue weighted by Gasteiger charge is 2.15. The third-order valence-corrected chi connectivity index (χ3v) is 5.19. The molecule has 0 aromatic heterocycles. The molecule has 1 saturated heterocycles. The fourth-order valence-electron chi connectivity index (χ4n) is 3.67. The second kappa shape index (κ2) is 9.30. The molecular formula is C22H29ClN3O2+. The minimum atomic E-state index is -0.151. The number of hydrogen-bond donors (Lipinski definition) is 2. The van der Waals surface area contributed by atoms with E-state index in [4.69, 9.17) is 16.3 Å². The number of rotatable bonds is 6. The first kappa shape index (κ1) is 20.5. The van der Waals surface area contributed by atoms with Crippen molar-refractivity contribution < 1.29 is 15.3 Å². The van der Waals surface area contributed by atoms with E-state index in [-0.39, 0.29) is 5.91 Å². The van der Waals surface area contributed by atoms with Gasteiger partial charge in [-0.15, -0.1) is 0 Å². The molecule has 1 heterocycles. The van der Waals surface area contributed by atoms with Gasteiger partial charge in [0.2, 0.25) is 0 Å². The van der Waals surface area contributed by atoms with E-state index in [0.29, 0.717) is 29.4 Å². The van der Waals surface area contributed by atoms with Gasteiger partial charge in [0.1, 0.15) is 18.9 Å². The van der Waals surface area contributed by atoms with Gasteiger partial charge >= 0.3 is 0 Å². The highest BCUT2D eigenvalue weighted by atomic mass is 35.5. The predicted molar refractivity (Wildman–Crippen MR) is 115 cm³/mol. The van der Waals surface area contributed by atoms with Crippen LogP contribution >= 0.6 is 11.6 Å². The Kier molecular flexibility index (Phi) is 6.81. The van der Waals surface area contributed by atoms with Crippen LogP contribution in [0.5, 0.6) is 5.75 Å². The third kappa shape index (κ3) is 4.97. The number of ether oxygens (including phenoxy) is 1. The van der Waals surface area contributed by atoms with Crippen molar-refractivity contribution in [3.63, 3.8) is 0 Å². The lowest BCUT2D eigenvalue weighted by Crippen LogP contribution is -2.52. The van der Waals surface area contributed by atoms with Crippen LogP contribution in [0.25, 0.3) is 0 Å². The molecule has 2 aromatic rings. The third-order valence-electron chi connectivity index (χ3n) is 4.97. The van der Waals surface area contributed by atoms with Gasteiger partial charge in [-0.1, -0.05) is 11.6 Å². The van der Waals surface area contributed by atoms with Crippen LogP contribution in [0.15, 0.2) is 30.3 Å². The van der Waals surface area contributed by atoms with Crippen molar-refractivity contribution in [3.8, 4) is 5.75 Å². The number of nitrogens with one attached hydrogen (secondary N) is 1. The van der Waals surface area contributed by atoms with Gasteiger partial charge in [-0.25, -0.2) is 0 Å². The second-order valence-electron chi connectivity index (χ2n) is 7.34. The fraction of sp³-hybridized carbons (Fsp3) is 0.409. The molecule has 0 unspecified atom stereocenters. The zero-order chi connectivity index (χ0) is 20.1. The smallest absolute Gasteiger partial charge is 0.255 e. The van der Waals surface area contributed by atoms with Gasteiger partial charge in [0, 0.05) is 35.1 Å². The SMILES string of the molecule is Cc1cc(C(=O)Nc2cc(Cl)cc(N3CCCCC3)c2)cc(C)c1OCC[NH3+]. The first-order valence-corrected chi connectivity index (χ1v) is 10.3. The lowest BCUT2D eigenvalue weighted by Gasteiger charge is -2.29. The summed E-state index contributed by atoms with van der Waals surface area (Å²) in [5.74, 6) is 0.678. The highest BCUT2D eigenvalue weighted by Crippen LogP contribution is 2.29. The summed E-state index contributed by atoms with van der Waals surface area (Å²) in [6.45, 7) is 7.23. The summed E-state index contributed by atoms with van der Waals surface area (Å²) < 4.78 is 5.75. The molecule has 28 heavy (non-hydrogen) atoms. The summed E-state index contributed by atoms with van der Waals surface area (Å²) in [5.41, 5.74) is 8.07. The Morgan fingerprint density at radius 1 is 1.11 bits per heavy atom. The molecular weight excluding hydrogens is 374 g/mol. The van der Waals surface area contributed by atoms with E-state index in [1.54, 1.807) is 6.07 Å². The van der Waals surface area contributed by atoms with Crippen LogP contribution in [-0.2, 0) is 0 Å². The van der Waals surface area contributed by atoms with Gasteiger partial charge < -0.3 is 20.7 Å². The second-order valence-corrected chi connectivity index (χ2v) is 7.78. The fourth-order valence-corrected chi connectivity index (χ4v) is 3.90. The van der Waals surface area contributed by atoms with Crippen LogP contribution in [0.3, 0.4) is 0 Å². The Hall–Kier alpha value is -2.24. The van der Waals surface area contributed by atoms with E-state index < -0.39 is 0 Å². The first-order valence-electron chi connectivity index (χ1n) is 9.88. The van der Waals surface area contributed by atoms with Crippen LogP contribution in [-0.4, -0.2) is 32.1 Å². The maximum Gasteiger partial charge on any atom is 0.255 e. The number of benzene rings is 2. The lowest BCUT2D eigenvalue weighted by molar-refractivity contribution is -0.370. The normalized spacial score (nSPS) is 14.1. The number of halogens is 1. The molecule has 150 valence electrons. The lowest BCUT2D eigenvalue weighted by atomic mass is 10.0. The predicted octanol–water partition coefficient (Wildman–Crippen LogP) is 3.82. The summed E-state index contributed by atoms with van der Waals surface area (Å²) in [6, 6.07) is 9.47. The molecule has 0 atom stereocenters. The van der Waals surface area contributed by atoms with Gasteiger partial charge in [-0.3, -0.25) is 4.79 Å². The zero-order valence-corrected chi connectivity index (χ0v) is 17.4. The molecule has 2 aromatic carbocycles. The number of nitrogens with zero attached hydrogens (tertiary/aromatic N) is 1. The number of piperidine rings is 1. The maximum absolute atomic E-state index is 12.8. The summed E-state index contributed by atoms with van der Waals surface area (Å²) >= 11 is 6.32. The number of quaternary nitrogens is 1. The van der Waals surface area contributed by atoms with Crippen molar-refractivity contribution in [2.24, 2.45) is 0 Å². The number of amides is 1. The molecule has 6 heteroatoms. The van der Waals surface area contributed by atoms with Crippen molar-refractivity contribution in [1.82, 2.24) is 0 Å². The van der Waals surface area contributed by atoms with E-state index in [1.807, 2.05) is 38.1 Å². The number of carbonyl (C=O) groups excluding carboxylic acids is 1. The van der Waals surface area contributed by atoms with E-state index in [0.717, 1.165) is 35.7 Å². The van der Waals surface area contributed by atoms with Gasteiger partial charge in [-0.05, 0) is 74.6 Å². The number of hydrogen-bond acceptors (Lipinski definition) is 3.